The highest BCUT2D eigenvalue weighted by atomic mass is 16.7. The van der Waals surface area contributed by atoms with Crippen LogP contribution in [0.4, 0.5) is 0 Å². The lowest BCUT2D eigenvalue weighted by Gasteiger charge is -2.51. The molecule has 5 rings (SSSR count). The second-order valence-electron chi connectivity index (χ2n) is 8.97. The molecule has 0 saturated carbocycles. The van der Waals surface area contributed by atoms with Gasteiger partial charge in [0.05, 0.1) is 44.5 Å². The van der Waals surface area contributed by atoms with E-state index in [9.17, 15) is 14.4 Å². The molecule has 2 aromatic carbocycles. The number of nitrogens with zero attached hydrogens (tertiary/aromatic N) is 2. The number of carbonyl (C=O) groups excluding carboxylic acids is 3. The van der Waals surface area contributed by atoms with Crippen molar-refractivity contribution in [2.24, 2.45) is 0 Å². The van der Waals surface area contributed by atoms with Gasteiger partial charge in [-0.15, -0.1) is 0 Å². The van der Waals surface area contributed by atoms with Crippen LogP contribution in [0, 0.1) is 0 Å². The number of likely N-dealkylation sites (tertiary alicyclic amines) is 1. The van der Waals surface area contributed by atoms with Gasteiger partial charge in [0.25, 0.3) is 11.8 Å². The van der Waals surface area contributed by atoms with E-state index < -0.39 is 35.8 Å². The summed E-state index contributed by atoms with van der Waals surface area (Å²) in [6, 6.07) is 10.4. The fourth-order valence-electron chi connectivity index (χ4n) is 4.93. The zero-order valence-corrected chi connectivity index (χ0v) is 19.4. The van der Waals surface area contributed by atoms with Crippen LogP contribution in [0.5, 0.6) is 11.5 Å². The van der Waals surface area contributed by atoms with Crippen molar-refractivity contribution in [1.29, 1.82) is 0 Å². The molecule has 0 bridgehead atoms. The third kappa shape index (κ3) is 3.43. The summed E-state index contributed by atoms with van der Waals surface area (Å²) in [6.45, 7) is 4.01. The van der Waals surface area contributed by atoms with Crippen molar-refractivity contribution in [3.8, 4) is 11.5 Å². The van der Waals surface area contributed by atoms with E-state index in [4.69, 9.17) is 18.9 Å². The standard InChI is InChI=1S/C25H26N2O7/c1-25(2)33-13-19(34-25)20-21(27-22(28)16-7-5-6-8-17(16)23(27)29)24(30)26(20)12-14-11-15(31-3)9-10-18(14)32-4/h5-11,19-21H,12-13H2,1-4H3. The smallest absolute Gasteiger partial charge is 0.262 e. The summed E-state index contributed by atoms with van der Waals surface area (Å²) < 4.78 is 22.7. The minimum atomic E-state index is -0.980. The lowest BCUT2D eigenvalue weighted by molar-refractivity contribution is -0.179. The number of methoxy groups -OCH3 is 2. The molecule has 0 aliphatic carbocycles. The maximum Gasteiger partial charge on any atom is 0.262 e. The Labute approximate surface area is 197 Å². The Balaban J connectivity index is 1.49. The Bertz CT molecular complexity index is 1140. The maximum absolute atomic E-state index is 13.5. The molecule has 2 fully saturated rings. The topological polar surface area (TPSA) is 94.6 Å². The molecule has 3 amide bonds. The van der Waals surface area contributed by atoms with Crippen molar-refractivity contribution >= 4 is 17.7 Å². The van der Waals surface area contributed by atoms with Gasteiger partial charge in [0.2, 0.25) is 5.91 Å². The average Bonchev–Trinajstić information content (AvgIpc) is 3.31. The van der Waals surface area contributed by atoms with E-state index in [0.29, 0.717) is 22.6 Å². The Morgan fingerprint density at radius 3 is 2.24 bits per heavy atom. The van der Waals surface area contributed by atoms with Crippen LogP contribution in [0.1, 0.15) is 40.1 Å². The van der Waals surface area contributed by atoms with Gasteiger partial charge >= 0.3 is 0 Å². The summed E-state index contributed by atoms with van der Waals surface area (Å²) in [6.07, 6.45) is -0.515. The first kappa shape index (κ1) is 22.4. The predicted octanol–water partition coefficient (Wildman–Crippen LogP) is 2.23. The molecule has 3 heterocycles. The van der Waals surface area contributed by atoms with Gasteiger partial charge in [0.1, 0.15) is 23.6 Å². The number of carbonyl (C=O) groups is 3. The van der Waals surface area contributed by atoms with Crippen molar-refractivity contribution in [3.63, 3.8) is 0 Å². The van der Waals surface area contributed by atoms with E-state index in [1.54, 1.807) is 75.4 Å². The van der Waals surface area contributed by atoms with Crippen molar-refractivity contribution in [2.75, 3.05) is 20.8 Å². The zero-order valence-electron chi connectivity index (χ0n) is 19.4. The molecule has 3 atom stereocenters. The van der Waals surface area contributed by atoms with Crippen molar-refractivity contribution in [2.45, 2.75) is 44.4 Å². The molecule has 0 N–H and O–H groups in total. The molecule has 0 spiro atoms. The highest BCUT2D eigenvalue weighted by Gasteiger charge is 2.60. The van der Waals surface area contributed by atoms with Gasteiger partial charge in [-0.2, -0.15) is 0 Å². The molecule has 0 aromatic heterocycles. The monoisotopic (exact) mass is 466 g/mol. The number of ether oxygens (including phenoxy) is 4. The van der Waals surface area contributed by atoms with E-state index >= 15 is 0 Å². The molecule has 3 aliphatic rings. The molecular weight excluding hydrogens is 440 g/mol. The molecule has 178 valence electrons. The van der Waals surface area contributed by atoms with Gasteiger partial charge < -0.3 is 23.8 Å². The number of benzene rings is 2. The summed E-state index contributed by atoms with van der Waals surface area (Å²) in [5, 5.41) is 0. The summed E-state index contributed by atoms with van der Waals surface area (Å²) in [4.78, 5) is 42.5. The number of hydrogen-bond donors (Lipinski definition) is 0. The van der Waals surface area contributed by atoms with Crippen LogP contribution in [0.2, 0.25) is 0 Å². The zero-order chi connectivity index (χ0) is 24.2. The molecule has 3 aliphatic heterocycles. The van der Waals surface area contributed by atoms with Crippen LogP contribution in [-0.2, 0) is 20.8 Å². The van der Waals surface area contributed by atoms with Gasteiger partial charge in [0, 0.05) is 5.56 Å². The van der Waals surface area contributed by atoms with Gasteiger partial charge in [-0.05, 0) is 44.2 Å². The number of amides is 3. The molecular formula is C25H26N2O7. The van der Waals surface area contributed by atoms with Crippen LogP contribution in [0.3, 0.4) is 0 Å². The number of imide groups is 1. The Hall–Kier alpha value is -3.43. The Morgan fingerprint density at radius 2 is 1.68 bits per heavy atom. The summed E-state index contributed by atoms with van der Waals surface area (Å²) in [5.74, 6) is -0.895. The first-order chi connectivity index (χ1) is 16.3. The largest absolute Gasteiger partial charge is 0.497 e. The lowest BCUT2D eigenvalue weighted by atomic mass is 9.88. The lowest BCUT2D eigenvalue weighted by Crippen LogP contribution is -2.74. The molecule has 9 nitrogen and oxygen atoms in total. The van der Waals surface area contributed by atoms with Crippen molar-refractivity contribution in [3.05, 3.63) is 59.2 Å². The molecule has 34 heavy (non-hydrogen) atoms. The quantitative estimate of drug-likeness (QED) is 0.476. The second-order valence-corrected chi connectivity index (χ2v) is 8.97. The third-order valence-electron chi connectivity index (χ3n) is 6.56. The maximum atomic E-state index is 13.5. The van der Waals surface area contributed by atoms with E-state index in [1.807, 2.05) is 0 Å². The summed E-state index contributed by atoms with van der Waals surface area (Å²) in [7, 11) is 3.12. The van der Waals surface area contributed by atoms with Gasteiger partial charge in [0.15, 0.2) is 5.79 Å². The first-order valence-electron chi connectivity index (χ1n) is 11.1. The molecule has 0 radical (unpaired) electrons. The van der Waals surface area contributed by atoms with Crippen LogP contribution in [-0.4, -0.2) is 72.3 Å². The number of hydrogen-bond acceptors (Lipinski definition) is 7. The van der Waals surface area contributed by atoms with Crippen LogP contribution in [0.15, 0.2) is 42.5 Å². The van der Waals surface area contributed by atoms with Gasteiger partial charge in [-0.25, -0.2) is 0 Å². The van der Waals surface area contributed by atoms with Crippen LogP contribution in [0.25, 0.3) is 0 Å². The van der Waals surface area contributed by atoms with E-state index in [0.717, 1.165) is 10.5 Å². The fraction of sp³-hybridized carbons (Fsp3) is 0.400. The SMILES string of the molecule is COc1ccc(OC)c(CN2C(=O)C(N3C(=O)c4ccccc4C3=O)C2C2COC(C)(C)O2)c1. The highest BCUT2D eigenvalue weighted by molar-refractivity contribution is 6.23. The molecule has 3 unspecified atom stereocenters. The molecule has 2 saturated heterocycles. The average molecular weight is 466 g/mol. The Morgan fingerprint density at radius 1 is 1.00 bits per heavy atom. The second kappa shape index (κ2) is 8.11. The van der Waals surface area contributed by atoms with E-state index in [-0.39, 0.29) is 19.1 Å². The summed E-state index contributed by atoms with van der Waals surface area (Å²) in [5.41, 5.74) is 1.34. The van der Waals surface area contributed by atoms with E-state index in [1.165, 1.54) is 0 Å². The Kier molecular flexibility index (Phi) is 5.33. The van der Waals surface area contributed by atoms with Crippen molar-refractivity contribution in [1.82, 2.24) is 9.80 Å². The first-order valence-corrected chi connectivity index (χ1v) is 11.1. The predicted molar refractivity (Wildman–Crippen MR) is 120 cm³/mol. The number of rotatable bonds is 6. The fourth-order valence-corrected chi connectivity index (χ4v) is 4.93. The number of fused-ring (bicyclic) bond motifs is 1. The molecule has 2 aromatic rings. The third-order valence-corrected chi connectivity index (χ3v) is 6.56. The van der Waals surface area contributed by atoms with Crippen LogP contribution >= 0.6 is 0 Å². The van der Waals surface area contributed by atoms with Crippen LogP contribution < -0.4 is 9.47 Å². The normalized spacial score (nSPS) is 25.4. The van der Waals surface area contributed by atoms with Crippen molar-refractivity contribution < 1.29 is 33.3 Å². The number of β-lactam (4-membered cyclic amide) rings is 1. The minimum absolute atomic E-state index is 0.198. The highest BCUT2D eigenvalue weighted by Crippen LogP contribution is 2.40. The van der Waals surface area contributed by atoms with Gasteiger partial charge in [-0.3, -0.25) is 19.3 Å². The minimum Gasteiger partial charge on any atom is -0.497 e. The molecule has 9 heteroatoms. The van der Waals surface area contributed by atoms with Gasteiger partial charge in [-0.1, -0.05) is 12.1 Å². The summed E-state index contributed by atoms with van der Waals surface area (Å²) >= 11 is 0. The van der Waals surface area contributed by atoms with E-state index in [2.05, 4.69) is 0 Å².